The van der Waals surface area contributed by atoms with Gasteiger partial charge in [0.2, 0.25) is 0 Å². The highest BCUT2D eigenvalue weighted by Crippen LogP contribution is 2.33. The fourth-order valence-electron chi connectivity index (χ4n) is 4.86. The van der Waals surface area contributed by atoms with Gasteiger partial charge in [0.05, 0.1) is 11.2 Å². The summed E-state index contributed by atoms with van der Waals surface area (Å²) in [4.78, 5) is 10.1. The summed E-state index contributed by atoms with van der Waals surface area (Å²) in [6, 6.07) is 32.7. The number of anilines is 1. The number of piperidine rings is 1. The average Bonchev–Trinajstić information content (AvgIpc) is 2.88. The van der Waals surface area contributed by atoms with E-state index in [1.165, 1.54) is 35.0 Å². The van der Waals surface area contributed by atoms with Gasteiger partial charge < -0.3 is 9.80 Å². The van der Waals surface area contributed by atoms with Crippen molar-refractivity contribution >= 4 is 29.0 Å². The average molecular weight is 458 g/mol. The van der Waals surface area contributed by atoms with Gasteiger partial charge in [0, 0.05) is 49.4 Å². The summed E-state index contributed by atoms with van der Waals surface area (Å²) >= 11 is 0. The van der Waals surface area contributed by atoms with Crippen molar-refractivity contribution in [2.24, 2.45) is 0 Å². The molecule has 3 nitrogen and oxygen atoms in total. The number of fused-ring (bicyclic) bond motifs is 1. The number of hydrogen-bond acceptors (Lipinski definition) is 3. The first-order chi connectivity index (χ1) is 15.8. The van der Waals surface area contributed by atoms with Crippen LogP contribution in [0.5, 0.6) is 0 Å². The maximum Gasteiger partial charge on any atom is 0.0730 e. The molecule has 5 rings (SSSR count). The van der Waals surface area contributed by atoms with Gasteiger partial charge in [-0.3, -0.25) is 0 Å². The lowest BCUT2D eigenvalue weighted by Crippen LogP contribution is -2.44. The lowest BCUT2D eigenvalue weighted by molar-refractivity contribution is 0.213. The summed E-state index contributed by atoms with van der Waals surface area (Å²) in [5.41, 5.74) is 6.01. The number of aromatic nitrogens is 1. The van der Waals surface area contributed by atoms with Gasteiger partial charge in [0.25, 0.3) is 0 Å². The molecule has 1 aliphatic heterocycles. The molecule has 0 spiro atoms. The molecule has 0 aliphatic carbocycles. The molecule has 0 unspecified atom stereocenters. The van der Waals surface area contributed by atoms with Crippen molar-refractivity contribution in [3.63, 3.8) is 0 Å². The van der Waals surface area contributed by atoms with E-state index in [1.54, 1.807) is 0 Å². The minimum Gasteiger partial charge on any atom is -0.371 e. The molecule has 1 saturated heterocycles. The molecule has 170 valence electrons. The summed E-state index contributed by atoms with van der Waals surface area (Å²) in [6.07, 6.45) is 3.53. The van der Waals surface area contributed by atoms with Crippen LogP contribution in [0.25, 0.3) is 22.2 Å². The van der Waals surface area contributed by atoms with Crippen LogP contribution in [0, 0.1) is 0 Å². The molecule has 1 aromatic heterocycles. The van der Waals surface area contributed by atoms with Gasteiger partial charge in [0.15, 0.2) is 0 Å². The van der Waals surface area contributed by atoms with E-state index in [9.17, 15) is 0 Å². The van der Waals surface area contributed by atoms with Gasteiger partial charge >= 0.3 is 0 Å². The first-order valence-corrected chi connectivity index (χ1v) is 11.7. The van der Waals surface area contributed by atoms with Crippen LogP contribution in [-0.4, -0.2) is 42.6 Å². The van der Waals surface area contributed by atoms with Crippen LogP contribution in [0.3, 0.4) is 0 Å². The first kappa shape index (κ1) is 23.3. The number of para-hydroxylation sites is 1. The Morgan fingerprint density at radius 3 is 2.21 bits per heavy atom. The number of nitrogens with zero attached hydrogens (tertiary/aromatic N) is 3. The molecule has 1 fully saturated rings. The fraction of sp³-hybridized carbons (Fsp3) is 0.276. The minimum atomic E-state index is 0. The zero-order valence-corrected chi connectivity index (χ0v) is 20.0. The Morgan fingerprint density at radius 1 is 0.848 bits per heavy atom. The Labute approximate surface area is 203 Å². The van der Waals surface area contributed by atoms with Crippen molar-refractivity contribution in [2.45, 2.75) is 25.3 Å². The van der Waals surface area contributed by atoms with Gasteiger partial charge in [-0.05, 0) is 37.0 Å². The lowest BCUT2D eigenvalue weighted by atomic mass is 10.0. The van der Waals surface area contributed by atoms with E-state index >= 15 is 0 Å². The first-order valence-electron chi connectivity index (χ1n) is 11.7. The van der Waals surface area contributed by atoms with Crippen molar-refractivity contribution in [3.05, 3.63) is 96.6 Å². The van der Waals surface area contributed by atoms with Crippen molar-refractivity contribution in [3.8, 4) is 11.3 Å². The Hall–Kier alpha value is -2.88. The summed E-state index contributed by atoms with van der Waals surface area (Å²) in [5.74, 6) is 0. The molecule has 0 saturated carbocycles. The Bertz CT molecular complexity index is 1160. The molecule has 0 amide bonds. The molecule has 3 aromatic carbocycles. The van der Waals surface area contributed by atoms with Crippen molar-refractivity contribution in [2.75, 3.05) is 31.6 Å². The van der Waals surface area contributed by atoms with Crippen molar-refractivity contribution in [1.29, 1.82) is 0 Å². The van der Waals surface area contributed by atoms with E-state index in [-0.39, 0.29) is 12.4 Å². The van der Waals surface area contributed by atoms with Crippen LogP contribution in [0.15, 0.2) is 91.0 Å². The summed E-state index contributed by atoms with van der Waals surface area (Å²) in [7, 11) is 2.26. The molecule has 33 heavy (non-hydrogen) atoms. The quantitative estimate of drug-likeness (QED) is 0.331. The molecule has 4 aromatic rings. The Kier molecular flexibility index (Phi) is 7.64. The SMILES string of the molecule is CN(c1cc(-c2ccccc2)nc2ccccc12)C1CCN(CCc2ccccc2)CC1.Cl. The highest BCUT2D eigenvalue weighted by molar-refractivity contribution is 5.94. The molecule has 0 radical (unpaired) electrons. The minimum absolute atomic E-state index is 0. The molecule has 2 heterocycles. The number of pyridine rings is 1. The number of likely N-dealkylation sites (tertiary alicyclic amines) is 1. The van der Waals surface area contributed by atoms with Crippen LogP contribution in [-0.2, 0) is 6.42 Å². The predicted molar refractivity (Wildman–Crippen MR) is 142 cm³/mol. The van der Waals surface area contributed by atoms with Gasteiger partial charge in [-0.2, -0.15) is 0 Å². The second-order valence-electron chi connectivity index (χ2n) is 8.83. The van der Waals surface area contributed by atoms with E-state index in [0.29, 0.717) is 6.04 Å². The van der Waals surface area contributed by atoms with Crippen molar-refractivity contribution < 1.29 is 0 Å². The fourth-order valence-corrected chi connectivity index (χ4v) is 4.86. The van der Waals surface area contributed by atoms with Gasteiger partial charge in [0.1, 0.15) is 0 Å². The zero-order valence-electron chi connectivity index (χ0n) is 19.2. The standard InChI is InChI=1S/C29H31N3.ClH/c1-31(25-17-20-32(21-18-25)19-16-23-10-4-2-5-11-23)29-22-28(24-12-6-3-7-13-24)30-27-15-9-8-14-26(27)29;/h2-15,22,25H,16-21H2,1H3;1H. The topological polar surface area (TPSA) is 19.4 Å². The van der Waals surface area contributed by atoms with Gasteiger partial charge in [-0.1, -0.05) is 78.9 Å². The van der Waals surface area contributed by atoms with Crippen LogP contribution < -0.4 is 4.90 Å². The third kappa shape index (κ3) is 5.38. The summed E-state index contributed by atoms with van der Waals surface area (Å²) in [5, 5.41) is 1.24. The van der Waals surface area contributed by atoms with E-state index in [4.69, 9.17) is 4.98 Å². The highest BCUT2D eigenvalue weighted by Gasteiger charge is 2.24. The van der Waals surface area contributed by atoms with Gasteiger partial charge in [-0.15, -0.1) is 12.4 Å². The Morgan fingerprint density at radius 2 is 1.48 bits per heavy atom. The predicted octanol–water partition coefficient (Wildman–Crippen LogP) is 6.47. The van der Waals surface area contributed by atoms with Crippen LogP contribution in [0.4, 0.5) is 5.69 Å². The number of hydrogen-bond donors (Lipinski definition) is 0. The van der Waals surface area contributed by atoms with Gasteiger partial charge in [-0.25, -0.2) is 4.98 Å². The third-order valence-electron chi connectivity index (χ3n) is 6.81. The van der Waals surface area contributed by atoms with Crippen molar-refractivity contribution in [1.82, 2.24) is 9.88 Å². The molecule has 0 N–H and O–H groups in total. The maximum atomic E-state index is 4.96. The molecular weight excluding hydrogens is 426 g/mol. The third-order valence-corrected chi connectivity index (χ3v) is 6.81. The van der Waals surface area contributed by atoms with Crippen LogP contribution >= 0.6 is 12.4 Å². The van der Waals surface area contributed by atoms with Crippen LogP contribution in [0.2, 0.25) is 0 Å². The number of rotatable bonds is 6. The van der Waals surface area contributed by atoms with Crippen LogP contribution in [0.1, 0.15) is 18.4 Å². The second kappa shape index (κ2) is 10.8. The second-order valence-corrected chi connectivity index (χ2v) is 8.83. The smallest absolute Gasteiger partial charge is 0.0730 e. The zero-order chi connectivity index (χ0) is 21.8. The molecule has 0 bridgehead atoms. The molecular formula is C29H32ClN3. The summed E-state index contributed by atoms with van der Waals surface area (Å²) < 4.78 is 0. The van der Waals surface area contributed by atoms with E-state index in [2.05, 4.69) is 108 Å². The van der Waals surface area contributed by atoms with E-state index in [1.807, 2.05) is 0 Å². The van der Waals surface area contributed by atoms with E-state index in [0.717, 1.165) is 37.3 Å². The Balaban J connectivity index is 0.00000259. The largest absolute Gasteiger partial charge is 0.371 e. The molecule has 4 heteroatoms. The lowest BCUT2D eigenvalue weighted by Gasteiger charge is -2.38. The summed E-state index contributed by atoms with van der Waals surface area (Å²) in [6.45, 7) is 3.48. The maximum absolute atomic E-state index is 4.96. The van der Waals surface area contributed by atoms with E-state index < -0.39 is 0 Å². The monoisotopic (exact) mass is 457 g/mol. The normalized spacial score (nSPS) is 14.7. The molecule has 0 atom stereocenters. The molecule has 1 aliphatic rings. The number of benzene rings is 3. The highest BCUT2D eigenvalue weighted by atomic mass is 35.5. The number of halogens is 1.